The summed E-state index contributed by atoms with van der Waals surface area (Å²) in [6.45, 7) is 6.08. The molecule has 2 aromatic carbocycles. The molecule has 1 heterocycles. The first-order chi connectivity index (χ1) is 10.5. The lowest BCUT2D eigenvalue weighted by atomic mass is 9.99. The standard InChI is InChI=1S/C19H18ClNO/c1-12-4-5-13(2)17(10-12)21-18(22)11-14(3)19(21)15-6-8-16(20)9-7-15/h4-11,19H,1-3H3. The van der Waals surface area contributed by atoms with Gasteiger partial charge >= 0.3 is 0 Å². The van der Waals surface area contributed by atoms with Gasteiger partial charge in [0.25, 0.3) is 5.91 Å². The maximum atomic E-state index is 12.5. The molecule has 0 N–H and O–H groups in total. The highest BCUT2D eigenvalue weighted by atomic mass is 35.5. The molecule has 3 rings (SSSR count). The van der Waals surface area contributed by atoms with Gasteiger partial charge in [-0.1, -0.05) is 35.9 Å². The third-order valence-electron chi connectivity index (χ3n) is 4.09. The Morgan fingerprint density at radius 2 is 1.68 bits per heavy atom. The van der Waals surface area contributed by atoms with Gasteiger partial charge in [0.05, 0.1) is 6.04 Å². The molecule has 112 valence electrons. The van der Waals surface area contributed by atoms with Crippen LogP contribution in [0.15, 0.2) is 54.1 Å². The summed E-state index contributed by atoms with van der Waals surface area (Å²) in [5.41, 5.74) is 5.34. The largest absolute Gasteiger partial charge is 0.297 e. The van der Waals surface area contributed by atoms with Crippen LogP contribution in [0.4, 0.5) is 5.69 Å². The minimum Gasteiger partial charge on any atom is -0.297 e. The summed E-state index contributed by atoms with van der Waals surface area (Å²) < 4.78 is 0. The van der Waals surface area contributed by atoms with Gasteiger partial charge in [-0.3, -0.25) is 9.69 Å². The van der Waals surface area contributed by atoms with Crippen molar-refractivity contribution < 1.29 is 4.79 Å². The Hall–Kier alpha value is -2.06. The van der Waals surface area contributed by atoms with Crippen LogP contribution in [0.2, 0.25) is 5.02 Å². The Kier molecular flexibility index (Phi) is 3.79. The summed E-state index contributed by atoms with van der Waals surface area (Å²) in [5.74, 6) is 0.0335. The maximum Gasteiger partial charge on any atom is 0.251 e. The molecule has 22 heavy (non-hydrogen) atoms. The van der Waals surface area contributed by atoms with Gasteiger partial charge in [0.15, 0.2) is 0 Å². The smallest absolute Gasteiger partial charge is 0.251 e. The molecular formula is C19H18ClNO. The molecule has 1 aliphatic rings. The van der Waals surface area contributed by atoms with Crippen molar-refractivity contribution in [2.75, 3.05) is 4.90 Å². The molecule has 0 radical (unpaired) electrons. The summed E-state index contributed by atoms with van der Waals surface area (Å²) in [6.07, 6.45) is 1.72. The quantitative estimate of drug-likeness (QED) is 0.765. The molecule has 1 unspecified atom stereocenters. The van der Waals surface area contributed by atoms with E-state index in [0.29, 0.717) is 5.02 Å². The van der Waals surface area contributed by atoms with Gasteiger partial charge in [-0.25, -0.2) is 0 Å². The molecule has 0 spiro atoms. The fourth-order valence-electron chi connectivity index (χ4n) is 2.97. The second-order valence-corrected chi connectivity index (χ2v) is 6.28. The Labute approximate surface area is 136 Å². The van der Waals surface area contributed by atoms with E-state index in [-0.39, 0.29) is 11.9 Å². The zero-order valence-electron chi connectivity index (χ0n) is 12.9. The Morgan fingerprint density at radius 1 is 1.00 bits per heavy atom. The highest BCUT2D eigenvalue weighted by molar-refractivity contribution is 6.30. The molecule has 3 heteroatoms. The van der Waals surface area contributed by atoms with Gasteiger partial charge in [-0.05, 0) is 61.2 Å². The third kappa shape index (κ3) is 2.55. The van der Waals surface area contributed by atoms with Crippen LogP contribution in [0.1, 0.15) is 29.7 Å². The van der Waals surface area contributed by atoms with Crippen LogP contribution in [-0.4, -0.2) is 5.91 Å². The number of carbonyl (C=O) groups excluding carboxylic acids is 1. The van der Waals surface area contributed by atoms with Gasteiger partial charge in [0.2, 0.25) is 0 Å². The van der Waals surface area contributed by atoms with Crippen molar-refractivity contribution in [1.29, 1.82) is 0 Å². The van der Waals surface area contributed by atoms with Gasteiger partial charge in [-0.2, -0.15) is 0 Å². The molecule has 0 aliphatic carbocycles. The van der Waals surface area contributed by atoms with Crippen molar-refractivity contribution in [3.63, 3.8) is 0 Å². The summed E-state index contributed by atoms with van der Waals surface area (Å²) in [5, 5.41) is 0.702. The van der Waals surface area contributed by atoms with E-state index >= 15 is 0 Å². The lowest BCUT2D eigenvalue weighted by molar-refractivity contribution is -0.113. The van der Waals surface area contributed by atoms with E-state index < -0.39 is 0 Å². The maximum absolute atomic E-state index is 12.5. The molecule has 1 atom stereocenters. The van der Waals surface area contributed by atoms with E-state index in [1.54, 1.807) is 6.08 Å². The van der Waals surface area contributed by atoms with E-state index in [1.807, 2.05) is 49.9 Å². The summed E-state index contributed by atoms with van der Waals surface area (Å²) >= 11 is 5.99. The van der Waals surface area contributed by atoms with E-state index in [0.717, 1.165) is 28.0 Å². The predicted octanol–water partition coefficient (Wildman–Crippen LogP) is 4.99. The molecule has 1 aliphatic heterocycles. The third-order valence-corrected chi connectivity index (χ3v) is 4.34. The highest BCUT2D eigenvalue weighted by Gasteiger charge is 2.33. The van der Waals surface area contributed by atoms with Crippen molar-refractivity contribution in [3.8, 4) is 0 Å². The van der Waals surface area contributed by atoms with Crippen molar-refractivity contribution >= 4 is 23.2 Å². The lowest BCUT2D eigenvalue weighted by Crippen LogP contribution is -2.29. The number of carbonyl (C=O) groups is 1. The molecule has 0 bridgehead atoms. The summed E-state index contributed by atoms with van der Waals surface area (Å²) in [4.78, 5) is 14.4. The lowest BCUT2D eigenvalue weighted by Gasteiger charge is -2.28. The fraction of sp³-hybridized carbons (Fsp3) is 0.211. The highest BCUT2D eigenvalue weighted by Crippen LogP contribution is 2.39. The number of nitrogens with zero attached hydrogens (tertiary/aromatic N) is 1. The zero-order chi connectivity index (χ0) is 15.9. The topological polar surface area (TPSA) is 20.3 Å². The van der Waals surface area contributed by atoms with Crippen molar-refractivity contribution in [2.24, 2.45) is 0 Å². The number of hydrogen-bond acceptors (Lipinski definition) is 1. The van der Waals surface area contributed by atoms with E-state index in [4.69, 9.17) is 11.6 Å². The minimum atomic E-state index is -0.0646. The SMILES string of the molecule is CC1=CC(=O)N(c2cc(C)ccc2C)C1c1ccc(Cl)cc1. The zero-order valence-corrected chi connectivity index (χ0v) is 13.7. The summed E-state index contributed by atoms with van der Waals surface area (Å²) in [6, 6.07) is 13.8. The summed E-state index contributed by atoms with van der Waals surface area (Å²) in [7, 11) is 0. The van der Waals surface area contributed by atoms with Gasteiger partial charge in [0, 0.05) is 16.8 Å². The van der Waals surface area contributed by atoms with Crippen LogP contribution in [0.5, 0.6) is 0 Å². The number of hydrogen-bond donors (Lipinski definition) is 0. The average molecular weight is 312 g/mol. The van der Waals surface area contributed by atoms with Crippen molar-refractivity contribution in [2.45, 2.75) is 26.8 Å². The van der Waals surface area contributed by atoms with E-state index in [9.17, 15) is 4.79 Å². The normalized spacial score (nSPS) is 17.8. The molecule has 0 aromatic heterocycles. The average Bonchev–Trinajstić information content (AvgIpc) is 2.77. The molecule has 0 saturated carbocycles. The molecular weight excluding hydrogens is 294 g/mol. The van der Waals surface area contributed by atoms with Crippen LogP contribution in [-0.2, 0) is 4.79 Å². The van der Waals surface area contributed by atoms with Crippen LogP contribution < -0.4 is 4.90 Å². The predicted molar refractivity (Wildman–Crippen MR) is 91.4 cm³/mol. The number of halogens is 1. The molecule has 2 aromatic rings. The van der Waals surface area contributed by atoms with E-state index in [1.165, 1.54) is 0 Å². The molecule has 1 amide bonds. The molecule has 0 saturated heterocycles. The monoisotopic (exact) mass is 311 g/mol. The van der Waals surface area contributed by atoms with Crippen LogP contribution in [0, 0.1) is 13.8 Å². The fourth-order valence-corrected chi connectivity index (χ4v) is 3.09. The van der Waals surface area contributed by atoms with Gasteiger partial charge in [0.1, 0.15) is 0 Å². The number of rotatable bonds is 2. The first kappa shape index (κ1) is 14.9. The Balaban J connectivity index is 2.10. The molecule has 2 nitrogen and oxygen atoms in total. The van der Waals surface area contributed by atoms with Gasteiger partial charge in [-0.15, -0.1) is 0 Å². The van der Waals surface area contributed by atoms with Crippen LogP contribution in [0.25, 0.3) is 0 Å². The minimum absolute atomic E-state index is 0.0335. The second kappa shape index (κ2) is 5.62. The Morgan fingerprint density at radius 3 is 2.36 bits per heavy atom. The van der Waals surface area contributed by atoms with Crippen molar-refractivity contribution in [1.82, 2.24) is 0 Å². The van der Waals surface area contributed by atoms with E-state index in [2.05, 4.69) is 18.2 Å². The number of anilines is 1. The first-order valence-electron chi connectivity index (χ1n) is 7.31. The Bertz CT molecular complexity index is 762. The number of amides is 1. The van der Waals surface area contributed by atoms with Crippen molar-refractivity contribution in [3.05, 3.63) is 75.8 Å². The van der Waals surface area contributed by atoms with Crippen LogP contribution >= 0.6 is 11.6 Å². The number of aryl methyl sites for hydroxylation is 2. The van der Waals surface area contributed by atoms with Gasteiger partial charge < -0.3 is 0 Å². The molecule has 0 fully saturated rings. The first-order valence-corrected chi connectivity index (χ1v) is 7.69. The second-order valence-electron chi connectivity index (χ2n) is 5.84. The van der Waals surface area contributed by atoms with Crippen LogP contribution in [0.3, 0.4) is 0 Å². The number of benzene rings is 2.